The molecule has 1 fully saturated rings. The van der Waals surface area contributed by atoms with Crippen molar-refractivity contribution >= 4 is 5.91 Å². The highest BCUT2D eigenvalue weighted by molar-refractivity contribution is 5.82. The molecule has 12 heavy (non-hydrogen) atoms. The molecular weight excluding hydrogens is 154 g/mol. The van der Waals surface area contributed by atoms with Crippen molar-refractivity contribution < 1.29 is 4.79 Å². The van der Waals surface area contributed by atoms with Gasteiger partial charge in [0.05, 0.1) is 12.1 Å². The second kappa shape index (κ2) is 4.07. The summed E-state index contributed by atoms with van der Waals surface area (Å²) in [5, 5.41) is 11.5. The average Bonchev–Trinajstić information content (AvgIpc) is 2.55. The second-order valence-electron chi connectivity index (χ2n) is 3.00. The number of hydrogen-bond donors (Lipinski definition) is 1. The van der Waals surface area contributed by atoms with E-state index in [0.29, 0.717) is 0 Å². The zero-order chi connectivity index (χ0) is 8.97. The largest absolute Gasteiger partial charge is 0.331 e. The van der Waals surface area contributed by atoms with Gasteiger partial charge in [0.2, 0.25) is 5.91 Å². The molecule has 0 aromatic rings. The van der Waals surface area contributed by atoms with Crippen LogP contribution in [-0.2, 0) is 4.79 Å². The van der Waals surface area contributed by atoms with Crippen LogP contribution < -0.4 is 5.32 Å². The summed E-state index contributed by atoms with van der Waals surface area (Å²) >= 11 is 0. The molecule has 1 rings (SSSR count). The Labute approximate surface area is 72.2 Å². The van der Waals surface area contributed by atoms with Gasteiger partial charge < -0.3 is 10.2 Å². The molecule has 1 unspecified atom stereocenters. The Morgan fingerprint density at radius 2 is 2.58 bits per heavy atom. The molecule has 0 aliphatic carbocycles. The first-order valence-electron chi connectivity index (χ1n) is 4.11. The number of nitriles is 1. The highest BCUT2D eigenvalue weighted by Crippen LogP contribution is 2.06. The van der Waals surface area contributed by atoms with Gasteiger partial charge >= 0.3 is 0 Å². The molecule has 4 heteroatoms. The van der Waals surface area contributed by atoms with E-state index in [1.54, 1.807) is 7.05 Å². The maximum absolute atomic E-state index is 11.4. The number of rotatable bonds is 2. The van der Waals surface area contributed by atoms with E-state index >= 15 is 0 Å². The number of amides is 1. The minimum absolute atomic E-state index is 0.0362. The molecule has 0 saturated carbocycles. The van der Waals surface area contributed by atoms with Crippen molar-refractivity contribution in [2.24, 2.45) is 0 Å². The first kappa shape index (κ1) is 9.01. The topological polar surface area (TPSA) is 56.1 Å². The fraction of sp³-hybridized carbons (Fsp3) is 0.750. The van der Waals surface area contributed by atoms with Crippen molar-refractivity contribution in [2.75, 3.05) is 20.1 Å². The quantitative estimate of drug-likeness (QED) is 0.575. The first-order chi connectivity index (χ1) is 5.75. The van der Waals surface area contributed by atoms with Crippen LogP contribution in [0.5, 0.6) is 0 Å². The number of hydrogen-bond acceptors (Lipinski definition) is 3. The smallest absolute Gasteiger partial charge is 0.240 e. The van der Waals surface area contributed by atoms with Gasteiger partial charge in [-0.15, -0.1) is 0 Å². The van der Waals surface area contributed by atoms with Crippen molar-refractivity contribution in [1.29, 1.82) is 5.26 Å². The third-order valence-corrected chi connectivity index (χ3v) is 2.04. The van der Waals surface area contributed by atoms with Crippen molar-refractivity contribution in [3.63, 3.8) is 0 Å². The van der Waals surface area contributed by atoms with Crippen molar-refractivity contribution in [1.82, 2.24) is 10.2 Å². The Balaban J connectivity index is 2.41. The molecule has 66 valence electrons. The first-order valence-corrected chi connectivity index (χ1v) is 4.11. The highest BCUT2D eigenvalue weighted by atomic mass is 16.2. The lowest BCUT2D eigenvalue weighted by Crippen LogP contribution is -2.41. The molecule has 0 aromatic carbocycles. The summed E-state index contributed by atoms with van der Waals surface area (Å²) in [5.74, 6) is 0.0362. The van der Waals surface area contributed by atoms with E-state index in [4.69, 9.17) is 5.26 Å². The van der Waals surface area contributed by atoms with Crippen LogP contribution in [0, 0.1) is 11.3 Å². The molecule has 1 saturated heterocycles. The fourth-order valence-electron chi connectivity index (χ4n) is 1.35. The van der Waals surface area contributed by atoms with Crippen LogP contribution in [0.4, 0.5) is 0 Å². The summed E-state index contributed by atoms with van der Waals surface area (Å²) in [6, 6.07) is 1.90. The monoisotopic (exact) mass is 167 g/mol. The number of likely N-dealkylation sites (N-methyl/N-ethyl adjacent to an activating group) is 1. The zero-order valence-corrected chi connectivity index (χ0v) is 7.21. The summed E-state index contributed by atoms with van der Waals surface area (Å²) in [5.41, 5.74) is 0. The molecule has 0 radical (unpaired) electrons. The summed E-state index contributed by atoms with van der Waals surface area (Å²) in [4.78, 5) is 12.9. The maximum Gasteiger partial charge on any atom is 0.240 e. The van der Waals surface area contributed by atoms with E-state index in [1.165, 1.54) is 4.90 Å². The molecule has 1 amide bonds. The molecular formula is C8H13N3O. The minimum Gasteiger partial charge on any atom is -0.331 e. The zero-order valence-electron chi connectivity index (χ0n) is 7.21. The van der Waals surface area contributed by atoms with Gasteiger partial charge in [-0.3, -0.25) is 4.79 Å². The van der Waals surface area contributed by atoms with Gasteiger partial charge in [0.1, 0.15) is 6.54 Å². The van der Waals surface area contributed by atoms with E-state index in [1.807, 2.05) is 6.07 Å². The summed E-state index contributed by atoms with van der Waals surface area (Å²) in [7, 11) is 1.66. The van der Waals surface area contributed by atoms with Crippen LogP contribution in [0.15, 0.2) is 0 Å². The SMILES string of the molecule is CN(CC#N)C(=O)C1CCCN1. The number of carbonyl (C=O) groups is 1. The van der Waals surface area contributed by atoms with Crippen LogP contribution in [0.2, 0.25) is 0 Å². The molecule has 1 aliphatic rings. The molecule has 1 aliphatic heterocycles. The summed E-state index contributed by atoms with van der Waals surface area (Å²) in [6.07, 6.45) is 1.95. The lowest BCUT2D eigenvalue weighted by Gasteiger charge is -2.17. The molecule has 0 aromatic heterocycles. The molecule has 4 nitrogen and oxygen atoms in total. The molecule has 0 spiro atoms. The average molecular weight is 167 g/mol. The van der Waals surface area contributed by atoms with Gasteiger partial charge in [-0.1, -0.05) is 0 Å². The van der Waals surface area contributed by atoms with Gasteiger partial charge in [-0.05, 0) is 19.4 Å². The minimum atomic E-state index is -0.0525. The van der Waals surface area contributed by atoms with E-state index in [2.05, 4.69) is 5.32 Å². The van der Waals surface area contributed by atoms with E-state index < -0.39 is 0 Å². The van der Waals surface area contributed by atoms with Gasteiger partial charge in [0.15, 0.2) is 0 Å². The normalized spacial score (nSPS) is 21.8. The fourth-order valence-corrected chi connectivity index (χ4v) is 1.35. The molecule has 0 bridgehead atoms. The van der Waals surface area contributed by atoms with Crippen LogP contribution in [0.1, 0.15) is 12.8 Å². The van der Waals surface area contributed by atoms with Crippen molar-refractivity contribution in [2.45, 2.75) is 18.9 Å². The third-order valence-electron chi connectivity index (χ3n) is 2.04. The van der Waals surface area contributed by atoms with Crippen LogP contribution in [0.3, 0.4) is 0 Å². The Morgan fingerprint density at radius 1 is 1.83 bits per heavy atom. The molecule has 1 heterocycles. The lowest BCUT2D eigenvalue weighted by molar-refractivity contribution is -0.131. The van der Waals surface area contributed by atoms with Gasteiger partial charge in [0.25, 0.3) is 0 Å². The van der Waals surface area contributed by atoms with E-state index in [0.717, 1.165) is 19.4 Å². The molecule has 1 atom stereocenters. The number of carbonyl (C=O) groups excluding carboxylic acids is 1. The second-order valence-corrected chi connectivity index (χ2v) is 3.00. The Bertz CT molecular complexity index is 203. The van der Waals surface area contributed by atoms with Gasteiger partial charge in [-0.25, -0.2) is 0 Å². The Morgan fingerprint density at radius 3 is 3.08 bits per heavy atom. The van der Waals surface area contributed by atoms with Crippen LogP contribution in [0.25, 0.3) is 0 Å². The number of nitrogens with one attached hydrogen (secondary N) is 1. The van der Waals surface area contributed by atoms with Crippen molar-refractivity contribution in [3.05, 3.63) is 0 Å². The van der Waals surface area contributed by atoms with Gasteiger partial charge in [-0.2, -0.15) is 5.26 Å². The maximum atomic E-state index is 11.4. The van der Waals surface area contributed by atoms with Crippen LogP contribution in [-0.4, -0.2) is 37.0 Å². The highest BCUT2D eigenvalue weighted by Gasteiger charge is 2.24. The van der Waals surface area contributed by atoms with Crippen molar-refractivity contribution in [3.8, 4) is 6.07 Å². The Hall–Kier alpha value is -1.08. The lowest BCUT2D eigenvalue weighted by atomic mass is 10.2. The summed E-state index contributed by atoms with van der Waals surface area (Å²) in [6.45, 7) is 1.09. The predicted molar refractivity (Wildman–Crippen MR) is 44.3 cm³/mol. The van der Waals surface area contributed by atoms with E-state index in [9.17, 15) is 4.79 Å². The molecule has 1 N–H and O–H groups in total. The Kier molecular flexibility index (Phi) is 3.06. The number of nitrogens with zero attached hydrogens (tertiary/aromatic N) is 2. The predicted octanol–water partition coefficient (Wildman–Crippen LogP) is -0.280. The standard InChI is InChI=1S/C8H13N3O/c1-11(6-4-9)8(12)7-3-2-5-10-7/h7,10H,2-3,5-6H2,1H3. The third kappa shape index (κ3) is 1.95. The van der Waals surface area contributed by atoms with Gasteiger partial charge in [0, 0.05) is 7.05 Å². The summed E-state index contributed by atoms with van der Waals surface area (Å²) < 4.78 is 0. The van der Waals surface area contributed by atoms with E-state index in [-0.39, 0.29) is 18.5 Å². The van der Waals surface area contributed by atoms with Crippen LogP contribution >= 0.6 is 0 Å².